The van der Waals surface area contributed by atoms with Crippen molar-refractivity contribution >= 4 is 39.3 Å². The van der Waals surface area contributed by atoms with Crippen molar-refractivity contribution in [3.63, 3.8) is 0 Å². The minimum Gasteiger partial charge on any atom is -0.404 e. The van der Waals surface area contributed by atoms with Crippen molar-refractivity contribution in [2.45, 2.75) is 13.8 Å². The van der Waals surface area contributed by atoms with E-state index in [4.69, 9.17) is 5.73 Å². The van der Waals surface area contributed by atoms with Crippen LogP contribution >= 0.6 is 0 Å². The van der Waals surface area contributed by atoms with Gasteiger partial charge < -0.3 is 5.73 Å². The lowest BCUT2D eigenvalue weighted by molar-refractivity contribution is 1.50. The molecule has 0 amide bonds. The van der Waals surface area contributed by atoms with Crippen LogP contribution in [0.1, 0.15) is 29.2 Å². The van der Waals surface area contributed by atoms with Crippen LogP contribution < -0.4 is 5.73 Å². The molecule has 0 spiro atoms. The number of hydrogen-bond donors (Lipinski definition) is 1. The maximum atomic E-state index is 5.87. The van der Waals surface area contributed by atoms with E-state index in [2.05, 4.69) is 105 Å². The third-order valence-electron chi connectivity index (χ3n) is 7.02. The Morgan fingerprint density at radius 3 is 1.86 bits per heavy atom. The molecular weight excluding hydrogens is 446 g/mol. The number of fused-ring (bicyclic) bond motifs is 2. The molecule has 0 heterocycles. The number of allylic oxidation sites excluding steroid dienone is 3. The van der Waals surface area contributed by atoms with Gasteiger partial charge in [0.2, 0.25) is 0 Å². The van der Waals surface area contributed by atoms with Crippen LogP contribution in [0.4, 0.5) is 0 Å². The molecule has 0 unspecified atom stereocenters. The van der Waals surface area contributed by atoms with Gasteiger partial charge in [0.25, 0.3) is 0 Å². The van der Waals surface area contributed by atoms with Crippen molar-refractivity contribution in [3.8, 4) is 22.3 Å². The van der Waals surface area contributed by atoms with Crippen LogP contribution in [-0.2, 0) is 0 Å². The zero-order valence-corrected chi connectivity index (χ0v) is 21.5. The molecular formula is C36H31N. The highest BCUT2D eigenvalue weighted by Crippen LogP contribution is 2.43. The molecule has 0 fully saturated rings. The largest absolute Gasteiger partial charge is 0.404 e. The maximum absolute atomic E-state index is 5.87. The first-order valence-corrected chi connectivity index (χ1v) is 12.6. The lowest BCUT2D eigenvalue weighted by atomic mass is 9.83. The molecule has 0 aliphatic rings. The van der Waals surface area contributed by atoms with E-state index in [1.54, 1.807) is 6.20 Å². The number of aryl methyl sites for hydroxylation is 1. The summed E-state index contributed by atoms with van der Waals surface area (Å²) in [6, 6.07) is 30.5. The second-order valence-electron chi connectivity index (χ2n) is 9.30. The van der Waals surface area contributed by atoms with E-state index in [1.165, 1.54) is 38.2 Å². The van der Waals surface area contributed by atoms with Gasteiger partial charge in [-0.25, -0.2) is 0 Å². The Morgan fingerprint density at radius 1 is 0.703 bits per heavy atom. The van der Waals surface area contributed by atoms with Crippen LogP contribution in [-0.4, -0.2) is 0 Å². The monoisotopic (exact) mass is 477 g/mol. The minimum atomic E-state index is 0.997. The fourth-order valence-electron chi connectivity index (χ4n) is 5.30. The van der Waals surface area contributed by atoms with Crippen LogP contribution in [0.15, 0.2) is 116 Å². The van der Waals surface area contributed by atoms with Crippen LogP contribution in [0.2, 0.25) is 0 Å². The highest BCUT2D eigenvalue weighted by molar-refractivity contribution is 6.12. The van der Waals surface area contributed by atoms with E-state index in [9.17, 15) is 0 Å². The van der Waals surface area contributed by atoms with Crippen molar-refractivity contribution in [2.24, 2.45) is 5.73 Å². The molecule has 37 heavy (non-hydrogen) atoms. The molecule has 5 aromatic carbocycles. The topological polar surface area (TPSA) is 26.0 Å². The highest BCUT2D eigenvalue weighted by Gasteiger charge is 2.19. The minimum absolute atomic E-state index is 0.997. The van der Waals surface area contributed by atoms with E-state index in [-0.39, 0.29) is 0 Å². The van der Waals surface area contributed by atoms with Gasteiger partial charge >= 0.3 is 0 Å². The van der Waals surface area contributed by atoms with Crippen molar-refractivity contribution in [2.75, 3.05) is 0 Å². The Balaban J connectivity index is 1.79. The van der Waals surface area contributed by atoms with Gasteiger partial charge in [-0.15, -0.1) is 0 Å². The van der Waals surface area contributed by atoms with Gasteiger partial charge in [-0.2, -0.15) is 0 Å². The predicted octanol–water partition coefficient (Wildman–Crippen LogP) is 9.80. The van der Waals surface area contributed by atoms with Crippen molar-refractivity contribution in [1.82, 2.24) is 0 Å². The molecule has 0 saturated carbocycles. The molecule has 1 heteroatoms. The molecule has 0 aliphatic carbocycles. The molecule has 0 aliphatic heterocycles. The summed E-state index contributed by atoms with van der Waals surface area (Å²) in [5.41, 5.74) is 16.1. The van der Waals surface area contributed by atoms with Gasteiger partial charge in [-0.3, -0.25) is 0 Å². The maximum Gasteiger partial charge on any atom is 0.00174 e. The fourth-order valence-corrected chi connectivity index (χ4v) is 5.30. The molecule has 0 aromatic heterocycles. The Kier molecular flexibility index (Phi) is 6.62. The average Bonchev–Trinajstić information content (AvgIpc) is 2.94. The van der Waals surface area contributed by atoms with E-state index in [0.717, 1.165) is 33.4 Å². The molecule has 5 rings (SSSR count). The summed E-state index contributed by atoms with van der Waals surface area (Å²) in [6.07, 6.45) is 9.60. The predicted molar refractivity (Wildman–Crippen MR) is 164 cm³/mol. The number of benzene rings is 5. The van der Waals surface area contributed by atoms with E-state index >= 15 is 0 Å². The summed E-state index contributed by atoms with van der Waals surface area (Å²) < 4.78 is 0. The third kappa shape index (κ3) is 4.30. The van der Waals surface area contributed by atoms with Crippen LogP contribution in [0.3, 0.4) is 0 Å². The Hall–Kier alpha value is -4.62. The van der Waals surface area contributed by atoms with Crippen LogP contribution in [0.25, 0.3) is 61.5 Å². The zero-order chi connectivity index (χ0) is 25.9. The van der Waals surface area contributed by atoms with Gasteiger partial charge in [0, 0.05) is 6.20 Å². The first-order chi connectivity index (χ1) is 18.1. The zero-order valence-electron chi connectivity index (χ0n) is 21.5. The summed E-state index contributed by atoms with van der Waals surface area (Å²) >= 11 is 0. The van der Waals surface area contributed by atoms with Gasteiger partial charge in [-0.05, 0) is 86.0 Å². The van der Waals surface area contributed by atoms with E-state index < -0.39 is 0 Å². The fraction of sp³-hybridized carbons (Fsp3) is 0.0556. The van der Waals surface area contributed by atoms with Gasteiger partial charge in [0.05, 0.1) is 0 Å². The third-order valence-corrected chi connectivity index (χ3v) is 7.02. The Morgan fingerprint density at radius 2 is 1.27 bits per heavy atom. The second kappa shape index (κ2) is 10.2. The van der Waals surface area contributed by atoms with Crippen molar-refractivity contribution in [3.05, 3.63) is 139 Å². The van der Waals surface area contributed by atoms with Crippen LogP contribution in [0, 0.1) is 6.92 Å². The first kappa shape index (κ1) is 24.1. The van der Waals surface area contributed by atoms with Crippen molar-refractivity contribution in [1.29, 1.82) is 0 Å². The summed E-state index contributed by atoms with van der Waals surface area (Å²) in [6.45, 7) is 12.6. The summed E-state index contributed by atoms with van der Waals surface area (Å²) in [5.74, 6) is 0. The Labute approximate surface area is 219 Å². The molecule has 0 radical (unpaired) electrons. The van der Waals surface area contributed by atoms with E-state index in [1.807, 2.05) is 31.2 Å². The smallest absolute Gasteiger partial charge is 0.00174 e. The molecule has 0 atom stereocenters. The standard InChI is InChI=1S/C36H31N/c1-5-10-30(23-37)25-15-17-26(18-16-25)35-31(6-2)32(7-3)36(34-12-9-8-11-33(34)35)29-20-19-27-21-24(4)13-14-28(27)22-29/h5-23H,2-3,37H2,1,4H3/b10-5-,30-23+. The lowest BCUT2D eigenvalue weighted by Crippen LogP contribution is -1.96. The lowest BCUT2D eigenvalue weighted by Gasteiger charge is -2.20. The van der Waals surface area contributed by atoms with Crippen molar-refractivity contribution < 1.29 is 0 Å². The summed E-state index contributed by atoms with van der Waals surface area (Å²) in [7, 11) is 0. The molecule has 1 nitrogen and oxygen atoms in total. The Bertz CT molecular complexity index is 1710. The summed E-state index contributed by atoms with van der Waals surface area (Å²) in [5, 5.41) is 4.87. The second-order valence-corrected chi connectivity index (χ2v) is 9.30. The number of hydrogen-bond acceptors (Lipinski definition) is 1. The molecule has 180 valence electrons. The van der Waals surface area contributed by atoms with Gasteiger partial charge in [-0.1, -0.05) is 122 Å². The number of nitrogens with two attached hydrogens (primary N) is 1. The first-order valence-electron chi connectivity index (χ1n) is 12.6. The average molecular weight is 478 g/mol. The van der Waals surface area contributed by atoms with Crippen LogP contribution in [0.5, 0.6) is 0 Å². The van der Waals surface area contributed by atoms with E-state index in [0.29, 0.717) is 0 Å². The quantitative estimate of drug-likeness (QED) is 0.242. The molecule has 2 N–H and O–H groups in total. The van der Waals surface area contributed by atoms with Gasteiger partial charge in [0.15, 0.2) is 0 Å². The summed E-state index contributed by atoms with van der Waals surface area (Å²) in [4.78, 5) is 0. The van der Waals surface area contributed by atoms with Gasteiger partial charge in [0.1, 0.15) is 0 Å². The highest BCUT2D eigenvalue weighted by atomic mass is 14.5. The SMILES string of the molecule is C=Cc1c(C=C)c(-c2ccc3cc(C)ccc3c2)c2ccccc2c1-c1ccc(C(/C=C\C)=C/N)cc1. The molecule has 0 saturated heterocycles. The normalized spacial score (nSPS) is 11.9. The number of rotatable bonds is 6. The molecule has 5 aromatic rings. The molecule has 0 bridgehead atoms.